The van der Waals surface area contributed by atoms with E-state index < -0.39 is 0 Å². The SMILES string of the molecule is CC(=O)N1CCN(c2ccc(NC(=O)c3cccc(Cl)c3)cc2Cl)CC1. The zero-order chi connectivity index (χ0) is 18.7. The number of benzene rings is 2. The monoisotopic (exact) mass is 391 g/mol. The summed E-state index contributed by atoms with van der Waals surface area (Å²) < 4.78 is 0. The summed E-state index contributed by atoms with van der Waals surface area (Å²) in [6.07, 6.45) is 0. The van der Waals surface area contributed by atoms with Crippen LogP contribution in [-0.4, -0.2) is 42.9 Å². The van der Waals surface area contributed by atoms with Crippen LogP contribution in [0.2, 0.25) is 10.0 Å². The van der Waals surface area contributed by atoms with Crippen LogP contribution < -0.4 is 10.2 Å². The number of nitrogens with one attached hydrogen (secondary N) is 1. The second-order valence-electron chi connectivity index (χ2n) is 6.12. The third-order valence-corrected chi connectivity index (χ3v) is 4.90. The average Bonchev–Trinajstić information content (AvgIpc) is 2.62. The van der Waals surface area contributed by atoms with Crippen molar-refractivity contribution in [3.63, 3.8) is 0 Å². The highest BCUT2D eigenvalue weighted by molar-refractivity contribution is 6.33. The van der Waals surface area contributed by atoms with E-state index in [2.05, 4.69) is 10.2 Å². The van der Waals surface area contributed by atoms with Crippen LogP contribution in [0.5, 0.6) is 0 Å². The lowest BCUT2D eigenvalue weighted by molar-refractivity contribution is -0.129. The van der Waals surface area contributed by atoms with E-state index in [1.165, 1.54) is 0 Å². The fraction of sp³-hybridized carbons (Fsp3) is 0.263. The van der Waals surface area contributed by atoms with Crippen molar-refractivity contribution in [3.05, 3.63) is 58.1 Å². The standard InChI is InChI=1S/C19H19Cl2N3O2/c1-13(25)23-7-9-24(10-8-23)18-6-5-16(12-17(18)21)22-19(26)14-3-2-4-15(20)11-14/h2-6,11-12H,7-10H2,1H3,(H,22,26). The number of anilines is 2. The molecule has 1 saturated heterocycles. The quantitative estimate of drug-likeness (QED) is 0.862. The van der Waals surface area contributed by atoms with Gasteiger partial charge in [-0.3, -0.25) is 9.59 Å². The van der Waals surface area contributed by atoms with E-state index in [9.17, 15) is 9.59 Å². The van der Waals surface area contributed by atoms with Gasteiger partial charge in [0.1, 0.15) is 0 Å². The summed E-state index contributed by atoms with van der Waals surface area (Å²) in [7, 11) is 0. The van der Waals surface area contributed by atoms with Gasteiger partial charge in [-0.1, -0.05) is 29.3 Å². The highest BCUT2D eigenvalue weighted by Crippen LogP contribution is 2.30. The first-order valence-electron chi connectivity index (χ1n) is 8.31. The minimum Gasteiger partial charge on any atom is -0.367 e. The molecule has 1 aliphatic heterocycles. The Hall–Kier alpha value is -2.24. The molecule has 7 heteroatoms. The Morgan fingerprint density at radius 3 is 2.35 bits per heavy atom. The number of hydrogen-bond donors (Lipinski definition) is 1. The van der Waals surface area contributed by atoms with Gasteiger partial charge in [-0.15, -0.1) is 0 Å². The van der Waals surface area contributed by atoms with Gasteiger partial charge in [-0.25, -0.2) is 0 Å². The van der Waals surface area contributed by atoms with Gasteiger partial charge in [0.15, 0.2) is 0 Å². The number of rotatable bonds is 3. The topological polar surface area (TPSA) is 52.7 Å². The zero-order valence-corrected chi connectivity index (χ0v) is 15.8. The first-order valence-corrected chi connectivity index (χ1v) is 9.06. The summed E-state index contributed by atoms with van der Waals surface area (Å²) in [5, 5.41) is 3.90. The van der Waals surface area contributed by atoms with Crippen molar-refractivity contribution in [1.29, 1.82) is 0 Å². The molecule has 0 saturated carbocycles. The van der Waals surface area contributed by atoms with Crippen molar-refractivity contribution in [2.24, 2.45) is 0 Å². The zero-order valence-electron chi connectivity index (χ0n) is 14.3. The summed E-state index contributed by atoms with van der Waals surface area (Å²) in [5.41, 5.74) is 2.00. The van der Waals surface area contributed by atoms with Crippen molar-refractivity contribution < 1.29 is 9.59 Å². The molecule has 0 aliphatic carbocycles. The maximum atomic E-state index is 12.3. The molecule has 0 spiro atoms. The van der Waals surface area contributed by atoms with E-state index in [-0.39, 0.29) is 11.8 Å². The predicted octanol–water partition coefficient (Wildman–Crippen LogP) is 3.91. The van der Waals surface area contributed by atoms with E-state index >= 15 is 0 Å². The second-order valence-corrected chi connectivity index (χ2v) is 6.97. The number of carbonyl (C=O) groups excluding carboxylic acids is 2. The maximum Gasteiger partial charge on any atom is 0.255 e. The molecule has 0 unspecified atom stereocenters. The van der Waals surface area contributed by atoms with E-state index in [0.29, 0.717) is 34.4 Å². The Labute approximate surface area is 162 Å². The van der Waals surface area contributed by atoms with Crippen LogP contribution in [0.15, 0.2) is 42.5 Å². The molecular weight excluding hydrogens is 373 g/mol. The number of nitrogens with zero attached hydrogens (tertiary/aromatic N) is 2. The van der Waals surface area contributed by atoms with Gasteiger partial charge in [0.2, 0.25) is 5.91 Å². The second kappa shape index (κ2) is 7.98. The fourth-order valence-corrected chi connectivity index (χ4v) is 3.43. The summed E-state index contributed by atoms with van der Waals surface area (Å²) in [6.45, 7) is 4.40. The minimum atomic E-state index is -0.244. The van der Waals surface area contributed by atoms with Crippen molar-refractivity contribution in [1.82, 2.24) is 4.90 Å². The van der Waals surface area contributed by atoms with Gasteiger partial charge < -0.3 is 15.1 Å². The molecule has 2 aromatic rings. The van der Waals surface area contributed by atoms with Gasteiger partial charge in [0.25, 0.3) is 5.91 Å². The van der Waals surface area contributed by atoms with Crippen molar-refractivity contribution in [2.75, 3.05) is 36.4 Å². The molecule has 136 valence electrons. The third kappa shape index (κ3) is 4.29. The Bertz CT molecular complexity index is 833. The molecular formula is C19H19Cl2N3O2. The lowest BCUT2D eigenvalue weighted by atomic mass is 10.2. The summed E-state index contributed by atoms with van der Waals surface area (Å²) in [4.78, 5) is 27.7. The summed E-state index contributed by atoms with van der Waals surface area (Å²) in [6, 6.07) is 12.2. The molecule has 2 aromatic carbocycles. The Morgan fingerprint density at radius 2 is 1.73 bits per heavy atom. The van der Waals surface area contributed by atoms with Crippen LogP contribution in [-0.2, 0) is 4.79 Å². The van der Waals surface area contributed by atoms with E-state index in [4.69, 9.17) is 23.2 Å². The van der Waals surface area contributed by atoms with Crippen LogP contribution >= 0.6 is 23.2 Å². The van der Waals surface area contributed by atoms with Crippen LogP contribution in [0, 0.1) is 0 Å². The molecule has 0 aromatic heterocycles. The van der Waals surface area contributed by atoms with Crippen LogP contribution in [0.3, 0.4) is 0 Å². The fourth-order valence-electron chi connectivity index (χ4n) is 2.94. The van der Waals surface area contributed by atoms with Gasteiger partial charge in [-0.2, -0.15) is 0 Å². The third-order valence-electron chi connectivity index (χ3n) is 4.36. The minimum absolute atomic E-state index is 0.0924. The molecule has 0 radical (unpaired) electrons. The normalized spacial score (nSPS) is 14.3. The molecule has 0 bridgehead atoms. The van der Waals surface area contributed by atoms with Crippen molar-refractivity contribution in [2.45, 2.75) is 6.92 Å². The number of hydrogen-bond acceptors (Lipinski definition) is 3. The molecule has 1 aliphatic rings. The Morgan fingerprint density at radius 1 is 1.00 bits per heavy atom. The van der Waals surface area contributed by atoms with Crippen molar-refractivity contribution in [3.8, 4) is 0 Å². The average molecular weight is 392 g/mol. The number of carbonyl (C=O) groups is 2. The van der Waals surface area contributed by atoms with Crippen LogP contribution in [0.4, 0.5) is 11.4 Å². The van der Waals surface area contributed by atoms with Gasteiger partial charge in [0.05, 0.1) is 10.7 Å². The summed E-state index contributed by atoms with van der Waals surface area (Å²) in [5.74, 6) is -0.152. The highest BCUT2D eigenvalue weighted by Gasteiger charge is 2.20. The van der Waals surface area contributed by atoms with Gasteiger partial charge in [-0.05, 0) is 36.4 Å². The smallest absolute Gasteiger partial charge is 0.255 e. The number of amides is 2. The van der Waals surface area contributed by atoms with Crippen molar-refractivity contribution >= 4 is 46.4 Å². The van der Waals surface area contributed by atoms with Gasteiger partial charge >= 0.3 is 0 Å². The molecule has 26 heavy (non-hydrogen) atoms. The molecule has 0 atom stereocenters. The van der Waals surface area contributed by atoms with Crippen LogP contribution in [0.1, 0.15) is 17.3 Å². The van der Waals surface area contributed by atoms with E-state index in [0.717, 1.165) is 18.8 Å². The van der Waals surface area contributed by atoms with E-state index in [1.54, 1.807) is 37.3 Å². The first kappa shape index (κ1) is 18.5. The molecule has 1 fully saturated rings. The van der Waals surface area contributed by atoms with Gasteiger partial charge in [0, 0.05) is 49.4 Å². The first-order chi connectivity index (χ1) is 12.4. The molecule has 3 rings (SSSR count). The highest BCUT2D eigenvalue weighted by atomic mass is 35.5. The lowest BCUT2D eigenvalue weighted by Gasteiger charge is -2.36. The molecule has 5 nitrogen and oxygen atoms in total. The number of piperazine rings is 1. The summed E-state index contributed by atoms with van der Waals surface area (Å²) >= 11 is 12.3. The Balaban J connectivity index is 1.68. The van der Waals surface area contributed by atoms with E-state index in [1.807, 2.05) is 17.0 Å². The predicted molar refractivity (Wildman–Crippen MR) is 105 cm³/mol. The Kier molecular flexibility index (Phi) is 5.69. The maximum absolute atomic E-state index is 12.3. The lowest BCUT2D eigenvalue weighted by Crippen LogP contribution is -2.48. The molecule has 1 N–H and O–H groups in total. The molecule has 1 heterocycles. The number of halogens is 2. The molecule has 2 amide bonds. The largest absolute Gasteiger partial charge is 0.367 e. The van der Waals surface area contributed by atoms with Crippen LogP contribution in [0.25, 0.3) is 0 Å².